The smallest absolute Gasteiger partial charge is 0.247 e. The number of carbonyl (C=O) groups is 1. The van der Waals surface area contributed by atoms with Gasteiger partial charge in [-0.05, 0) is 73.8 Å². The van der Waals surface area contributed by atoms with Crippen LogP contribution in [0, 0.1) is 11.2 Å². The standard InChI is InChI=1S/C33H37FN6O2/c1-3-22-9-10-23(6-5-15-35-39-31(22)24-11-12-29-25(16-24)18-36-38-29)32(41)37-26-17-33(13-14-33)21-40(19-26)20-27-28(34)7-4-8-30(27)42-2/h4,7-12,15-16,18,26H,3,5-6,13-14,17,19-21H2,1-2H3,(H,36,38)(H,37,41)/b22-9+,23-10-,35-15-,39-31-. The highest BCUT2D eigenvalue weighted by molar-refractivity contribution is 6.14. The van der Waals surface area contributed by atoms with E-state index in [0.29, 0.717) is 37.2 Å². The topological polar surface area (TPSA) is 95.0 Å². The number of allylic oxidation sites excluding steroid dienone is 3. The molecule has 2 aliphatic heterocycles. The molecule has 2 fully saturated rings. The number of ether oxygens (including phenoxy) is 1. The minimum atomic E-state index is -0.259. The predicted octanol–water partition coefficient (Wildman–Crippen LogP) is 5.71. The normalized spacial score (nSPS) is 25.0. The second-order valence-corrected chi connectivity index (χ2v) is 11.7. The summed E-state index contributed by atoms with van der Waals surface area (Å²) in [5.74, 6) is 0.246. The number of piperidine rings is 1. The van der Waals surface area contributed by atoms with Crippen molar-refractivity contribution in [2.24, 2.45) is 15.6 Å². The van der Waals surface area contributed by atoms with Gasteiger partial charge in [-0.2, -0.15) is 15.3 Å². The van der Waals surface area contributed by atoms with Crippen LogP contribution >= 0.6 is 0 Å². The summed E-state index contributed by atoms with van der Waals surface area (Å²) in [6.07, 6.45) is 12.7. The van der Waals surface area contributed by atoms with Crippen molar-refractivity contribution in [3.05, 3.63) is 82.8 Å². The van der Waals surface area contributed by atoms with Gasteiger partial charge in [0.15, 0.2) is 0 Å². The number of methoxy groups -OCH3 is 1. The molecule has 1 amide bonds. The van der Waals surface area contributed by atoms with Crippen molar-refractivity contribution < 1.29 is 13.9 Å². The predicted molar refractivity (Wildman–Crippen MR) is 163 cm³/mol. The van der Waals surface area contributed by atoms with Gasteiger partial charge in [-0.3, -0.25) is 14.8 Å². The largest absolute Gasteiger partial charge is 0.496 e. The number of nitrogens with zero attached hydrogens (tertiary/aromatic N) is 4. The Hall–Kier alpha value is -4.11. The van der Waals surface area contributed by atoms with Crippen LogP contribution < -0.4 is 10.1 Å². The van der Waals surface area contributed by atoms with Crippen LogP contribution in [0.3, 0.4) is 0 Å². The number of aromatic amines is 1. The number of carbonyl (C=O) groups excluding carboxylic acids is 1. The van der Waals surface area contributed by atoms with Crippen LogP contribution in [0.4, 0.5) is 4.39 Å². The highest BCUT2D eigenvalue weighted by Crippen LogP contribution is 2.52. The summed E-state index contributed by atoms with van der Waals surface area (Å²) in [5, 5.41) is 20.4. The van der Waals surface area contributed by atoms with Crippen molar-refractivity contribution >= 4 is 28.7 Å². The third kappa shape index (κ3) is 6.06. The van der Waals surface area contributed by atoms with E-state index in [1.54, 1.807) is 31.7 Å². The van der Waals surface area contributed by atoms with Crippen molar-refractivity contribution in [2.45, 2.75) is 58.0 Å². The highest BCUT2D eigenvalue weighted by atomic mass is 19.1. The number of aromatic nitrogens is 2. The molecule has 1 unspecified atom stereocenters. The molecule has 1 aromatic heterocycles. The van der Waals surface area contributed by atoms with Crippen LogP contribution in [-0.2, 0) is 11.3 Å². The van der Waals surface area contributed by atoms with Crippen LogP contribution in [-0.4, -0.2) is 59.2 Å². The van der Waals surface area contributed by atoms with E-state index >= 15 is 0 Å². The number of H-pyrrole nitrogens is 1. The van der Waals surface area contributed by atoms with E-state index < -0.39 is 0 Å². The number of benzene rings is 2. The van der Waals surface area contributed by atoms with Gasteiger partial charge < -0.3 is 10.1 Å². The maximum atomic E-state index is 14.7. The van der Waals surface area contributed by atoms with E-state index in [0.717, 1.165) is 65.6 Å². The molecule has 0 radical (unpaired) electrons. The summed E-state index contributed by atoms with van der Waals surface area (Å²) in [5.41, 5.74) is 5.20. The minimum Gasteiger partial charge on any atom is -0.496 e. The molecule has 1 saturated carbocycles. The molecule has 1 aliphatic carbocycles. The first-order valence-electron chi connectivity index (χ1n) is 14.7. The number of fused-ring (bicyclic) bond motifs is 1. The summed E-state index contributed by atoms with van der Waals surface area (Å²) in [4.78, 5) is 15.9. The second kappa shape index (κ2) is 12.0. The Morgan fingerprint density at radius 3 is 2.93 bits per heavy atom. The summed E-state index contributed by atoms with van der Waals surface area (Å²) < 4.78 is 20.2. The lowest BCUT2D eigenvalue weighted by Gasteiger charge is -2.39. The van der Waals surface area contributed by atoms with Gasteiger partial charge >= 0.3 is 0 Å². The van der Waals surface area contributed by atoms with E-state index in [2.05, 4.69) is 43.6 Å². The Labute approximate surface area is 245 Å². The zero-order valence-electron chi connectivity index (χ0n) is 24.2. The zero-order chi connectivity index (χ0) is 29.1. The van der Waals surface area contributed by atoms with Gasteiger partial charge in [0, 0.05) is 54.0 Å². The molecule has 9 heteroatoms. The number of hydrogen-bond acceptors (Lipinski definition) is 6. The summed E-state index contributed by atoms with van der Waals surface area (Å²) in [7, 11) is 1.57. The molecule has 42 heavy (non-hydrogen) atoms. The third-order valence-electron chi connectivity index (χ3n) is 8.65. The molecule has 218 valence electrons. The third-order valence-corrected chi connectivity index (χ3v) is 8.65. The molecule has 1 atom stereocenters. The van der Waals surface area contributed by atoms with Crippen molar-refractivity contribution in [1.82, 2.24) is 20.4 Å². The number of hydrogen-bond donors (Lipinski definition) is 2. The lowest BCUT2D eigenvalue weighted by Crippen LogP contribution is -2.51. The fourth-order valence-electron chi connectivity index (χ4n) is 6.26. The SMILES string of the molecule is CCC1=C\C=C(/C(=O)NC2CN(Cc3c(F)cccc3OC)CC3(CC3)C2)CC/C=N\N=C\1c1ccc2[nH]ncc2c1. The maximum Gasteiger partial charge on any atom is 0.247 e. The number of amides is 1. The molecular formula is C33H37FN6O2. The van der Waals surface area contributed by atoms with Gasteiger partial charge in [-0.1, -0.05) is 31.2 Å². The minimum absolute atomic E-state index is 0.00933. The van der Waals surface area contributed by atoms with Crippen LogP contribution in [0.15, 0.2) is 76.1 Å². The van der Waals surface area contributed by atoms with Gasteiger partial charge in [0.1, 0.15) is 11.6 Å². The van der Waals surface area contributed by atoms with Gasteiger partial charge in [-0.15, -0.1) is 0 Å². The molecule has 1 spiro atoms. The average molecular weight is 569 g/mol. The fourth-order valence-corrected chi connectivity index (χ4v) is 6.26. The Morgan fingerprint density at radius 1 is 1.24 bits per heavy atom. The first kappa shape index (κ1) is 28.0. The monoisotopic (exact) mass is 568 g/mol. The average Bonchev–Trinajstić information content (AvgIpc) is 3.54. The van der Waals surface area contributed by atoms with Crippen LogP contribution in [0.1, 0.15) is 56.6 Å². The van der Waals surface area contributed by atoms with E-state index in [1.807, 2.05) is 24.3 Å². The summed E-state index contributed by atoms with van der Waals surface area (Å²) >= 11 is 0. The van der Waals surface area contributed by atoms with Crippen molar-refractivity contribution in [3.8, 4) is 5.75 Å². The van der Waals surface area contributed by atoms with Crippen molar-refractivity contribution in [1.29, 1.82) is 0 Å². The van der Waals surface area contributed by atoms with Gasteiger partial charge in [-0.25, -0.2) is 4.39 Å². The van der Waals surface area contributed by atoms with Crippen LogP contribution in [0.2, 0.25) is 0 Å². The molecule has 3 aliphatic rings. The first-order chi connectivity index (χ1) is 20.5. The summed E-state index contributed by atoms with van der Waals surface area (Å²) in [6.45, 7) is 4.11. The van der Waals surface area contributed by atoms with Crippen LogP contribution in [0.25, 0.3) is 10.9 Å². The lowest BCUT2D eigenvalue weighted by molar-refractivity contribution is -0.118. The highest BCUT2D eigenvalue weighted by Gasteiger charge is 2.48. The van der Waals surface area contributed by atoms with Gasteiger partial charge in [0.25, 0.3) is 0 Å². The van der Waals surface area contributed by atoms with Gasteiger partial charge in [0.2, 0.25) is 5.91 Å². The van der Waals surface area contributed by atoms with E-state index in [4.69, 9.17) is 4.74 Å². The quantitative estimate of drug-likeness (QED) is 0.382. The molecule has 3 heterocycles. The molecule has 8 nitrogen and oxygen atoms in total. The Bertz CT molecular complexity index is 1600. The van der Waals surface area contributed by atoms with Gasteiger partial charge in [0.05, 0.1) is 24.5 Å². The van der Waals surface area contributed by atoms with Crippen molar-refractivity contribution in [2.75, 3.05) is 20.2 Å². The van der Waals surface area contributed by atoms with E-state index in [9.17, 15) is 9.18 Å². The first-order valence-corrected chi connectivity index (χ1v) is 14.7. The number of halogens is 1. The maximum absolute atomic E-state index is 14.7. The Balaban J connectivity index is 1.20. The summed E-state index contributed by atoms with van der Waals surface area (Å²) in [6, 6.07) is 11.0. The lowest BCUT2D eigenvalue weighted by atomic mass is 9.90. The van der Waals surface area contributed by atoms with E-state index in [1.165, 1.54) is 6.07 Å². The Morgan fingerprint density at radius 2 is 2.12 bits per heavy atom. The fraction of sp³-hybridized carbons (Fsp3) is 0.394. The molecule has 3 aromatic rings. The molecular weight excluding hydrogens is 531 g/mol. The van der Waals surface area contributed by atoms with Crippen LogP contribution in [0.5, 0.6) is 5.75 Å². The number of likely N-dealkylation sites (tertiary alicyclic amines) is 1. The molecule has 6 rings (SSSR count). The second-order valence-electron chi connectivity index (χ2n) is 11.7. The molecule has 0 bridgehead atoms. The van der Waals surface area contributed by atoms with E-state index in [-0.39, 0.29) is 23.2 Å². The van der Waals surface area contributed by atoms with Crippen molar-refractivity contribution in [3.63, 3.8) is 0 Å². The molecule has 2 aromatic carbocycles. The number of nitrogens with one attached hydrogen (secondary N) is 2. The molecule has 2 N–H and O–H groups in total. The molecule has 1 saturated heterocycles. The Kier molecular flexibility index (Phi) is 8.02. The zero-order valence-corrected chi connectivity index (χ0v) is 24.2. The number of rotatable bonds is 7.